The number of carbonyl (C=O) groups excluding carboxylic acids is 1. The van der Waals surface area contributed by atoms with E-state index in [1.54, 1.807) is 30.3 Å². The highest BCUT2D eigenvalue weighted by Gasteiger charge is 2.11. The molecule has 0 aliphatic rings. The molecule has 0 radical (unpaired) electrons. The molecule has 3 aromatic rings. The maximum atomic E-state index is 12.0. The van der Waals surface area contributed by atoms with Crippen LogP contribution < -0.4 is 10.1 Å². The third kappa shape index (κ3) is 4.30. The molecule has 2 aromatic heterocycles. The first-order valence-corrected chi connectivity index (χ1v) is 7.78. The second kappa shape index (κ2) is 7.71. The lowest BCUT2D eigenvalue weighted by molar-refractivity contribution is 0.0947. The van der Waals surface area contributed by atoms with E-state index < -0.39 is 0 Å². The number of amides is 1. The van der Waals surface area contributed by atoms with Crippen molar-refractivity contribution < 1.29 is 14.1 Å². The van der Waals surface area contributed by atoms with Crippen molar-refractivity contribution in [2.45, 2.75) is 6.42 Å². The number of hydrogen-bond donors (Lipinski definition) is 1. The van der Waals surface area contributed by atoms with Gasteiger partial charge in [0.1, 0.15) is 0 Å². The van der Waals surface area contributed by atoms with Gasteiger partial charge in [-0.3, -0.25) is 4.79 Å². The van der Waals surface area contributed by atoms with Gasteiger partial charge in [0.2, 0.25) is 17.6 Å². The van der Waals surface area contributed by atoms with E-state index in [1.165, 1.54) is 13.2 Å². The fourth-order valence-corrected chi connectivity index (χ4v) is 2.12. The van der Waals surface area contributed by atoms with E-state index in [9.17, 15) is 4.79 Å². The van der Waals surface area contributed by atoms with Crippen LogP contribution in [0.25, 0.3) is 11.4 Å². The summed E-state index contributed by atoms with van der Waals surface area (Å²) >= 11 is 5.85. The van der Waals surface area contributed by atoms with E-state index in [2.05, 4.69) is 25.7 Å². The van der Waals surface area contributed by atoms with Gasteiger partial charge < -0.3 is 14.6 Å². The van der Waals surface area contributed by atoms with Crippen molar-refractivity contribution in [1.29, 1.82) is 0 Å². The van der Waals surface area contributed by atoms with Crippen molar-refractivity contribution in [3.63, 3.8) is 0 Å². The van der Waals surface area contributed by atoms with Gasteiger partial charge in [-0.1, -0.05) is 16.8 Å². The van der Waals surface area contributed by atoms with Crippen LogP contribution in [0, 0.1) is 0 Å². The Morgan fingerprint density at radius 1 is 1.20 bits per heavy atom. The standard InChI is InChI=1S/C16H14ClN5O3/c1-24-14-7-6-12(20-21-14)16(23)18-9-8-13-19-15(22-25-13)10-2-4-11(17)5-3-10/h2-7H,8-9H2,1H3,(H,18,23). The number of ether oxygens (including phenoxy) is 1. The summed E-state index contributed by atoms with van der Waals surface area (Å²) in [4.78, 5) is 16.2. The summed E-state index contributed by atoms with van der Waals surface area (Å²) in [5, 5.41) is 14.8. The molecular weight excluding hydrogens is 346 g/mol. The van der Waals surface area contributed by atoms with Crippen LogP contribution in [0.5, 0.6) is 5.88 Å². The predicted molar refractivity (Wildman–Crippen MR) is 89.4 cm³/mol. The molecule has 9 heteroatoms. The van der Waals surface area contributed by atoms with Crippen LogP contribution in [0.1, 0.15) is 16.4 Å². The van der Waals surface area contributed by atoms with Crippen molar-refractivity contribution in [1.82, 2.24) is 25.7 Å². The van der Waals surface area contributed by atoms with Gasteiger partial charge in [0, 0.05) is 29.6 Å². The fourth-order valence-electron chi connectivity index (χ4n) is 2.00. The molecule has 1 aromatic carbocycles. The van der Waals surface area contributed by atoms with Gasteiger partial charge in [0.25, 0.3) is 5.91 Å². The molecule has 0 aliphatic heterocycles. The molecule has 0 saturated carbocycles. The maximum absolute atomic E-state index is 12.0. The molecule has 1 amide bonds. The minimum Gasteiger partial charge on any atom is -0.480 e. The zero-order valence-corrected chi connectivity index (χ0v) is 14.0. The lowest BCUT2D eigenvalue weighted by Gasteiger charge is -2.02. The van der Waals surface area contributed by atoms with Crippen molar-refractivity contribution >= 4 is 17.5 Å². The normalized spacial score (nSPS) is 10.5. The van der Waals surface area contributed by atoms with E-state index in [-0.39, 0.29) is 11.6 Å². The second-order valence-electron chi connectivity index (χ2n) is 4.99. The Morgan fingerprint density at radius 2 is 2.00 bits per heavy atom. The highest BCUT2D eigenvalue weighted by Crippen LogP contribution is 2.18. The summed E-state index contributed by atoms with van der Waals surface area (Å²) < 4.78 is 10.1. The van der Waals surface area contributed by atoms with Crippen LogP contribution in [0.2, 0.25) is 5.02 Å². The topological polar surface area (TPSA) is 103 Å². The predicted octanol–water partition coefficient (Wildman–Crippen LogP) is 2.16. The first kappa shape index (κ1) is 16.8. The lowest BCUT2D eigenvalue weighted by Crippen LogP contribution is -2.26. The number of nitrogens with zero attached hydrogens (tertiary/aromatic N) is 4. The van der Waals surface area contributed by atoms with E-state index in [1.807, 2.05) is 0 Å². The molecule has 2 heterocycles. The van der Waals surface area contributed by atoms with Gasteiger partial charge >= 0.3 is 0 Å². The number of halogens is 1. The summed E-state index contributed by atoms with van der Waals surface area (Å²) in [6, 6.07) is 10.2. The first-order chi connectivity index (χ1) is 12.2. The van der Waals surface area contributed by atoms with E-state index >= 15 is 0 Å². The van der Waals surface area contributed by atoms with Crippen molar-refractivity contribution in [2.24, 2.45) is 0 Å². The molecule has 0 atom stereocenters. The minimum atomic E-state index is -0.340. The van der Waals surface area contributed by atoms with Gasteiger partial charge in [-0.05, 0) is 30.3 Å². The average molecular weight is 360 g/mol. The Bertz CT molecular complexity index is 849. The first-order valence-electron chi connectivity index (χ1n) is 7.40. The van der Waals surface area contributed by atoms with Crippen LogP contribution >= 0.6 is 11.6 Å². The molecule has 8 nitrogen and oxygen atoms in total. The lowest BCUT2D eigenvalue weighted by atomic mass is 10.2. The molecule has 0 fully saturated rings. The Balaban J connectivity index is 1.53. The number of methoxy groups -OCH3 is 1. The molecule has 0 aliphatic carbocycles. The summed E-state index contributed by atoms with van der Waals surface area (Å²) in [5.74, 6) is 0.898. The largest absolute Gasteiger partial charge is 0.480 e. The smallest absolute Gasteiger partial charge is 0.271 e. The van der Waals surface area contributed by atoms with Gasteiger partial charge in [-0.15, -0.1) is 10.2 Å². The van der Waals surface area contributed by atoms with Crippen molar-refractivity contribution in [3.8, 4) is 17.3 Å². The molecule has 0 spiro atoms. The Labute approximate surface area is 148 Å². The number of carbonyl (C=O) groups is 1. The Hall–Kier alpha value is -3.00. The quantitative estimate of drug-likeness (QED) is 0.719. The van der Waals surface area contributed by atoms with E-state index in [4.69, 9.17) is 20.9 Å². The SMILES string of the molecule is COc1ccc(C(=O)NCCc2nc(-c3ccc(Cl)cc3)no2)nn1. The Morgan fingerprint density at radius 3 is 2.68 bits per heavy atom. The van der Waals surface area contributed by atoms with Gasteiger partial charge in [0.15, 0.2) is 5.69 Å². The molecule has 0 saturated heterocycles. The number of rotatable bonds is 6. The highest BCUT2D eigenvalue weighted by atomic mass is 35.5. The molecule has 3 rings (SSSR count). The molecule has 1 N–H and O–H groups in total. The fraction of sp³-hybridized carbons (Fsp3) is 0.188. The maximum Gasteiger partial charge on any atom is 0.271 e. The molecular formula is C16H14ClN5O3. The van der Waals surface area contributed by atoms with E-state index in [0.29, 0.717) is 35.6 Å². The van der Waals surface area contributed by atoms with Gasteiger partial charge in [0.05, 0.1) is 7.11 Å². The molecule has 128 valence electrons. The van der Waals surface area contributed by atoms with Crippen LogP contribution in [0.4, 0.5) is 0 Å². The summed E-state index contributed by atoms with van der Waals surface area (Å²) in [6.07, 6.45) is 0.399. The molecule has 0 unspecified atom stereocenters. The van der Waals surface area contributed by atoms with Crippen molar-refractivity contribution in [3.05, 3.63) is 53.0 Å². The zero-order chi connectivity index (χ0) is 17.6. The third-order valence-corrected chi connectivity index (χ3v) is 3.53. The van der Waals surface area contributed by atoms with Crippen LogP contribution in [0.15, 0.2) is 40.9 Å². The van der Waals surface area contributed by atoms with Crippen LogP contribution in [0.3, 0.4) is 0 Å². The third-order valence-electron chi connectivity index (χ3n) is 3.28. The minimum absolute atomic E-state index is 0.202. The highest BCUT2D eigenvalue weighted by molar-refractivity contribution is 6.30. The number of hydrogen-bond acceptors (Lipinski definition) is 7. The van der Waals surface area contributed by atoms with Gasteiger partial charge in [-0.25, -0.2) is 0 Å². The monoisotopic (exact) mass is 359 g/mol. The summed E-state index contributed by atoms with van der Waals surface area (Å²) in [6.45, 7) is 0.328. The molecule has 0 bridgehead atoms. The number of benzene rings is 1. The summed E-state index contributed by atoms with van der Waals surface area (Å²) in [5.41, 5.74) is 1.00. The number of nitrogens with one attached hydrogen (secondary N) is 1. The second-order valence-corrected chi connectivity index (χ2v) is 5.42. The zero-order valence-electron chi connectivity index (χ0n) is 13.3. The Kier molecular flexibility index (Phi) is 5.20. The number of aromatic nitrogens is 4. The van der Waals surface area contributed by atoms with Crippen LogP contribution in [-0.4, -0.2) is 39.9 Å². The van der Waals surface area contributed by atoms with E-state index in [0.717, 1.165) is 5.56 Å². The van der Waals surface area contributed by atoms with Crippen LogP contribution in [-0.2, 0) is 6.42 Å². The van der Waals surface area contributed by atoms with Gasteiger partial charge in [-0.2, -0.15) is 4.98 Å². The average Bonchev–Trinajstić information content (AvgIpc) is 3.11. The molecule has 25 heavy (non-hydrogen) atoms. The summed E-state index contributed by atoms with van der Waals surface area (Å²) in [7, 11) is 1.48. The van der Waals surface area contributed by atoms with Crippen molar-refractivity contribution in [2.75, 3.05) is 13.7 Å².